The van der Waals surface area contributed by atoms with Crippen LogP contribution in [0.25, 0.3) is 0 Å². The van der Waals surface area contributed by atoms with Crippen molar-refractivity contribution in [1.29, 1.82) is 0 Å². The molecule has 1 aliphatic heterocycles. The average Bonchev–Trinajstić information content (AvgIpc) is 3.40. The minimum atomic E-state index is -1.21. The molecule has 0 unspecified atom stereocenters. The van der Waals surface area contributed by atoms with Crippen molar-refractivity contribution in [1.82, 2.24) is 15.5 Å². The summed E-state index contributed by atoms with van der Waals surface area (Å²) >= 11 is 0. The molecule has 0 radical (unpaired) electrons. The smallest absolute Gasteiger partial charge is 0.326 e. The number of carboxylic acid groups (broad SMARTS) is 2. The molecule has 250 valence electrons. The van der Waals surface area contributed by atoms with E-state index in [4.69, 9.17) is 25.4 Å². The lowest BCUT2D eigenvalue weighted by Crippen LogP contribution is -2.50. The molecule has 44 heavy (non-hydrogen) atoms. The third-order valence-corrected chi connectivity index (χ3v) is 6.75. The summed E-state index contributed by atoms with van der Waals surface area (Å²) in [6.45, 7) is 9.44. The number of nitrogens with one attached hydrogen (secondary N) is 2. The van der Waals surface area contributed by atoms with Gasteiger partial charge in [-0.15, -0.1) is 6.42 Å². The Balaban J connectivity index is 2.68. The summed E-state index contributed by atoms with van der Waals surface area (Å²) in [5.74, 6) is -3.91. The van der Waals surface area contributed by atoms with Crippen LogP contribution in [0.2, 0.25) is 0 Å². The molecule has 1 heterocycles. The van der Waals surface area contributed by atoms with E-state index in [0.29, 0.717) is 33.0 Å². The molecule has 1 saturated heterocycles. The fourth-order valence-corrected chi connectivity index (χ4v) is 4.59. The van der Waals surface area contributed by atoms with E-state index in [-0.39, 0.29) is 69.9 Å². The van der Waals surface area contributed by atoms with Crippen molar-refractivity contribution in [2.24, 2.45) is 23.7 Å². The molecule has 4 N–H and O–H groups in total. The van der Waals surface area contributed by atoms with E-state index in [2.05, 4.69) is 16.6 Å². The molecule has 0 aromatic heterocycles. The molecule has 0 spiro atoms. The van der Waals surface area contributed by atoms with Gasteiger partial charge in [0.2, 0.25) is 17.7 Å². The molecule has 1 aliphatic rings. The first-order chi connectivity index (χ1) is 20.9. The Kier molecular flexibility index (Phi) is 18.9. The minimum absolute atomic E-state index is 0.0142. The Morgan fingerprint density at radius 2 is 1.11 bits per heavy atom. The first-order valence-corrected chi connectivity index (χ1v) is 15.0. The van der Waals surface area contributed by atoms with E-state index >= 15 is 0 Å². The number of carbonyl (C=O) groups is 5. The molecular formula is C30H49N3O11. The summed E-state index contributed by atoms with van der Waals surface area (Å²) in [5, 5.41) is 24.2. The van der Waals surface area contributed by atoms with Gasteiger partial charge >= 0.3 is 11.9 Å². The molecule has 0 saturated carbocycles. The molecule has 4 atom stereocenters. The van der Waals surface area contributed by atoms with Crippen molar-refractivity contribution < 1.29 is 53.1 Å². The van der Waals surface area contributed by atoms with Gasteiger partial charge in [-0.25, -0.2) is 9.59 Å². The maximum absolute atomic E-state index is 13.2. The Bertz CT molecular complexity index is 916. The number of carbonyl (C=O) groups excluding carboxylic acids is 3. The third-order valence-electron chi connectivity index (χ3n) is 6.75. The molecule has 14 heteroatoms. The van der Waals surface area contributed by atoms with Gasteiger partial charge in [0.25, 0.3) is 0 Å². The first-order valence-electron chi connectivity index (χ1n) is 15.0. The van der Waals surface area contributed by atoms with Crippen molar-refractivity contribution in [3.63, 3.8) is 0 Å². The summed E-state index contributed by atoms with van der Waals surface area (Å²) < 4.78 is 21.3. The van der Waals surface area contributed by atoms with E-state index < -0.39 is 47.7 Å². The summed E-state index contributed by atoms with van der Waals surface area (Å²) in [4.78, 5) is 64.3. The number of nitrogens with zero attached hydrogens (tertiary/aromatic N) is 1. The highest BCUT2D eigenvalue weighted by molar-refractivity contribution is 5.93. The predicted octanol–water partition coefficient (Wildman–Crippen LogP) is 0.382. The van der Waals surface area contributed by atoms with E-state index in [9.17, 15) is 34.2 Å². The van der Waals surface area contributed by atoms with Gasteiger partial charge in [0.1, 0.15) is 18.7 Å². The number of likely N-dealkylation sites (tertiary alicyclic amines) is 1. The topological polar surface area (TPSA) is 190 Å². The highest BCUT2D eigenvalue weighted by atomic mass is 16.6. The van der Waals surface area contributed by atoms with Gasteiger partial charge in [0.05, 0.1) is 64.5 Å². The average molecular weight is 628 g/mol. The molecule has 0 aromatic carbocycles. The zero-order valence-electron chi connectivity index (χ0n) is 26.2. The molecule has 14 nitrogen and oxygen atoms in total. The Morgan fingerprint density at radius 3 is 1.48 bits per heavy atom. The first kappa shape index (κ1) is 38.8. The zero-order valence-corrected chi connectivity index (χ0v) is 26.2. The van der Waals surface area contributed by atoms with Crippen molar-refractivity contribution in [3.05, 3.63) is 0 Å². The maximum Gasteiger partial charge on any atom is 0.326 e. The predicted molar refractivity (Wildman–Crippen MR) is 158 cm³/mol. The van der Waals surface area contributed by atoms with Crippen molar-refractivity contribution in [2.75, 3.05) is 65.9 Å². The van der Waals surface area contributed by atoms with E-state index in [1.54, 1.807) is 0 Å². The Morgan fingerprint density at radius 1 is 0.727 bits per heavy atom. The van der Waals surface area contributed by atoms with Crippen molar-refractivity contribution in [3.8, 4) is 12.3 Å². The summed E-state index contributed by atoms with van der Waals surface area (Å²) in [5.41, 5.74) is 0. The standard InChI is InChI=1S/C30H49N3O11/c1-6-8-41-10-12-43-14-15-44-13-11-42-9-7-26(34)33-18-22(27(35)31-24(29(37)38)16-20(2)3)23(19-33)28(36)32-25(30(39)40)17-21(4)5/h1,20-25H,7-19H2,2-5H3,(H,31,35)(H,32,36)(H,37,38)(H,39,40)/t22-,23-,24+,25+/m1/s1. The highest BCUT2D eigenvalue weighted by Crippen LogP contribution is 2.26. The van der Waals surface area contributed by atoms with Crippen LogP contribution in [0.4, 0.5) is 0 Å². The second kappa shape index (κ2) is 21.5. The molecule has 0 aliphatic carbocycles. The van der Waals surface area contributed by atoms with Crippen LogP contribution in [-0.4, -0.2) is 123 Å². The zero-order chi connectivity index (χ0) is 33.1. The molecule has 3 amide bonds. The fraction of sp³-hybridized carbons (Fsp3) is 0.767. The van der Waals surface area contributed by atoms with Crippen molar-refractivity contribution in [2.45, 2.75) is 59.0 Å². The number of amides is 3. The van der Waals surface area contributed by atoms with Gasteiger partial charge < -0.3 is 44.7 Å². The molecular weight excluding hydrogens is 578 g/mol. The van der Waals surface area contributed by atoms with Crippen LogP contribution in [-0.2, 0) is 42.9 Å². The van der Waals surface area contributed by atoms with Crippen LogP contribution >= 0.6 is 0 Å². The molecule has 1 fully saturated rings. The van der Waals surface area contributed by atoms with Crippen LogP contribution < -0.4 is 10.6 Å². The lowest BCUT2D eigenvalue weighted by molar-refractivity contribution is -0.145. The third kappa shape index (κ3) is 15.5. The van der Waals surface area contributed by atoms with Gasteiger partial charge in [0, 0.05) is 13.1 Å². The van der Waals surface area contributed by atoms with Gasteiger partial charge in [0.15, 0.2) is 0 Å². The number of aliphatic carboxylic acids is 2. The SMILES string of the molecule is C#CCOCCOCCOCCOCCC(=O)N1C[C@@H](C(=O)N[C@@H](CC(C)C)C(=O)O)[C@H](C(=O)N[C@@H](CC(C)C)C(=O)O)C1. The van der Waals surface area contributed by atoms with Crippen LogP contribution in [0.5, 0.6) is 0 Å². The number of ether oxygens (including phenoxy) is 4. The minimum Gasteiger partial charge on any atom is -0.480 e. The van der Waals surface area contributed by atoms with E-state index in [1.165, 1.54) is 4.90 Å². The monoisotopic (exact) mass is 627 g/mol. The lowest BCUT2D eigenvalue weighted by Gasteiger charge is -2.23. The summed E-state index contributed by atoms with van der Waals surface area (Å²) in [6, 6.07) is -2.34. The fourth-order valence-electron chi connectivity index (χ4n) is 4.59. The molecule has 0 bridgehead atoms. The summed E-state index contributed by atoms with van der Waals surface area (Å²) in [7, 11) is 0. The van der Waals surface area contributed by atoms with Gasteiger partial charge in [-0.3, -0.25) is 14.4 Å². The highest BCUT2D eigenvalue weighted by Gasteiger charge is 2.45. The van der Waals surface area contributed by atoms with Gasteiger partial charge in [-0.2, -0.15) is 0 Å². The largest absolute Gasteiger partial charge is 0.480 e. The van der Waals surface area contributed by atoms with Gasteiger partial charge in [-0.05, 0) is 24.7 Å². The number of rotatable bonds is 23. The van der Waals surface area contributed by atoms with Crippen molar-refractivity contribution >= 4 is 29.7 Å². The quantitative estimate of drug-likeness (QED) is 0.0905. The number of hydrogen-bond acceptors (Lipinski definition) is 9. The molecule has 1 rings (SSSR count). The van der Waals surface area contributed by atoms with Crippen LogP contribution in [0.15, 0.2) is 0 Å². The Labute approximate surface area is 259 Å². The second-order valence-corrected chi connectivity index (χ2v) is 11.4. The normalized spacial score (nSPS) is 17.7. The van der Waals surface area contributed by atoms with Gasteiger partial charge in [-0.1, -0.05) is 33.6 Å². The number of terminal acetylenes is 1. The lowest BCUT2D eigenvalue weighted by atomic mass is 9.92. The summed E-state index contributed by atoms with van der Waals surface area (Å²) in [6.07, 6.45) is 5.42. The van der Waals surface area contributed by atoms with Crippen LogP contribution in [0, 0.1) is 36.0 Å². The second-order valence-electron chi connectivity index (χ2n) is 11.4. The van der Waals surface area contributed by atoms with Crippen LogP contribution in [0.1, 0.15) is 47.0 Å². The van der Waals surface area contributed by atoms with Crippen LogP contribution in [0.3, 0.4) is 0 Å². The molecule has 0 aromatic rings. The number of carboxylic acids is 2. The van der Waals surface area contributed by atoms with E-state index in [0.717, 1.165) is 0 Å². The van der Waals surface area contributed by atoms with E-state index in [1.807, 2.05) is 27.7 Å². The maximum atomic E-state index is 13.2. The Hall–Kier alpha value is -3.25. The number of hydrogen-bond donors (Lipinski definition) is 4.